The van der Waals surface area contributed by atoms with Crippen molar-refractivity contribution >= 4 is 29.9 Å². The zero-order valence-electron chi connectivity index (χ0n) is 16.3. The van der Waals surface area contributed by atoms with Gasteiger partial charge in [0.05, 0.1) is 5.69 Å². The number of carbonyl (C=O) groups excluding carboxylic acids is 1. The van der Waals surface area contributed by atoms with Crippen molar-refractivity contribution < 1.29 is 4.79 Å². The van der Waals surface area contributed by atoms with Gasteiger partial charge in [0, 0.05) is 35.4 Å². The largest absolute Gasteiger partial charge is 0.333 e. The van der Waals surface area contributed by atoms with Gasteiger partial charge in [-0.1, -0.05) is 18.0 Å². The molecule has 1 aliphatic carbocycles. The normalized spacial score (nSPS) is 19.1. The molecule has 1 atom stereocenters. The van der Waals surface area contributed by atoms with E-state index in [-0.39, 0.29) is 24.4 Å². The summed E-state index contributed by atoms with van der Waals surface area (Å²) in [7, 11) is 1.95. The number of hydrogen-bond donors (Lipinski definition) is 1. The molecule has 2 heterocycles. The van der Waals surface area contributed by atoms with Gasteiger partial charge in [0.25, 0.3) is 5.91 Å². The van der Waals surface area contributed by atoms with E-state index in [0.717, 1.165) is 62.9 Å². The Morgan fingerprint density at radius 1 is 1.18 bits per heavy atom. The first-order valence-corrected chi connectivity index (χ1v) is 10.4. The molecule has 0 saturated carbocycles. The van der Waals surface area contributed by atoms with Crippen molar-refractivity contribution in [2.45, 2.75) is 51.0 Å². The second kappa shape index (κ2) is 9.29. The average molecular weight is 423 g/mol. The molecular formula is C21H28Cl2N4O. The molecule has 0 radical (unpaired) electrons. The highest BCUT2D eigenvalue weighted by Crippen LogP contribution is 2.29. The standard InChI is InChI=1S/C21H27ClN4O.ClH/c1-23-14-17-6-5-13-25(17)21(27)20-18-7-3-2-4-8-19(18)26(24-20)16-11-9-15(22)10-12-16;/h9-12,17,23H,2-8,13-14H2,1H3;1H. The molecule has 1 aromatic carbocycles. The number of hydrogen-bond acceptors (Lipinski definition) is 3. The Hall–Kier alpha value is -1.56. The zero-order chi connectivity index (χ0) is 18.8. The molecule has 1 saturated heterocycles. The smallest absolute Gasteiger partial charge is 0.274 e. The number of fused-ring (bicyclic) bond motifs is 1. The maximum absolute atomic E-state index is 13.4. The van der Waals surface area contributed by atoms with E-state index in [0.29, 0.717) is 10.7 Å². The first-order valence-electron chi connectivity index (χ1n) is 10.0. The molecule has 152 valence electrons. The molecule has 0 bridgehead atoms. The maximum Gasteiger partial charge on any atom is 0.274 e. The second-order valence-corrected chi connectivity index (χ2v) is 8.01. The fourth-order valence-corrected chi connectivity index (χ4v) is 4.56. The third-order valence-corrected chi connectivity index (χ3v) is 6.03. The van der Waals surface area contributed by atoms with Crippen molar-refractivity contribution in [2.75, 3.05) is 20.1 Å². The van der Waals surface area contributed by atoms with Crippen molar-refractivity contribution in [2.24, 2.45) is 0 Å². The monoisotopic (exact) mass is 422 g/mol. The van der Waals surface area contributed by atoms with Gasteiger partial charge in [-0.2, -0.15) is 5.10 Å². The Morgan fingerprint density at radius 2 is 1.93 bits per heavy atom. The minimum atomic E-state index is 0. The summed E-state index contributed by atoms with van der Waals surface area (Å²) >= 11 is 6.06. The van der Waals surface area contributed by atoms with Gasteiger partial charge in [-0.15, -0.1) is 12.4 Å². The van der Waals surface area contributed by atoms with Crippen LogP contribution in [0.15, 0.2) is 24.3 Å². The molecular weight excluding hydrogens is 395 g/mol. The zero-order valence-corrected chi connectivity index (χ0v) is 17.9. The Kier molecular flexibility index (Phi) is 7.02. The summed E-state index contributed by atoms with van der Waals surface area (Å²) < 4.78 is 1.98. The fraction of sp³-hybridized carbons (Fsp3) is 0.524. The first kappa shape index (κ1) is 21.2. The van der Waals surface area contributed by atoms with Gasteiger partial charge in [0.15, 0.2) is 5.69 Å². The van der Waals surface area contributed by atoms with Crippen LogP contribution in [-0.2, 0) is 12.8 Å². The number of benzene rings is 1. The fourth-order valence-electron chi connectivity index (χ4n) is 4.43. The topological polar surface area (TPSA) is 50.2 Å². The lowest BCUT2D eigenvalue weighted by molar-refractivity contribution is 0.0729. The number of aromatic nitrogens is 2. The van der Waals surface area contributed by atoms with E-state index in [1.165, 1.54) is 12.1 Å². The van der Waals surface area contributed by atoms with Crippen molar-refractivity contribution in [3.8, 4) is 5.69 Å². The summed E-state index contributed by atoms with van der Waals surface area (Å²) in [5.74, 6) is 0.0959. The minimum absolute atomic E-state index is 0. The van der Waals surface area contributed by atoms with Crippen molar-refractivity contribution in [3.63, 3.8) is 0 Å². The molecule has 0 spiro atoms. The van der Waals surface area contributed by atoms with E-state index in [1.54, 1.807) is 0 Å². The van der Waals surface area contributed by atoms with Crippen LogP contribution in [0.4, 0.5) is 0 Å². The molecule has 5 nitrogen and oxygen atoms in total. The lowest BCUT2D eigenvalue weighted by Gasteiger charge is -2.24. The molecule has 1 aliphatic heterocycles. The molecule has 7 heteroatoms. The van der Waals surface area contributed by atoms with Gasteiger partial charge in [0.1, 0.15) is 0 Å². The number of nitrogens with one attached hydrogen (secondary N) is 1. The highest BCUT2D eigenvalue weighted by atomic mass is 35.5. The Balaban J connectivity index is 0.00000225. The van der Waals surface area contributed by atoms with Crippen molar-refractivity contribution in [1.82, 2.24) is 20.0 Å². The molecule has 2 aromatic rings. The van der Waals surface area contributed by atoms with Crippen LogP contribution in [0.1, 0.15) is 53.8 Å². The average Bonchev–Trinajstić information content (AvgIpc) is 3.20. The van der Waals surface area contributed by atoms with E-state index < -0.39 is 0 Å². The summed E-state index contributed by atoms with van der Waals surface area (Å²) in [6, 6.07) is 7.99. The van der Waals surface area contributed by atoms with Crippen LogP contribution in [0.25, 0.3) is 5.69 Å². The number of likely N-dealkylation sites (tertiary alicyclic amines) is 1. The Labute approximate surface area is 177 Å². The predicted octanol–water partition coefficient (Wildman–Crippen LogP) is 4.04. The van der Waals surface area contributed by atoms with Crippen molar-refractivity contribution in [1.29, 1.82) is 0 Å². The maximum atomic E-state index is 13.4. The Morgan fingerprint density at radius 3 is 2.68 bits per heavy atom. The van der Waals surface area contributed by atoms with Gasteiger partial charge >= 0.3 is 0 Å². The van der Waals surface area contributed by atoms with Crippen molar-refractivity contribution in [3.05, 3.63) is 46.2 Å². The van der Waals surface area contributed by atoms with Crippen LogP contribution in [0, 0.1) is 0 Å². The van der Waals surface area contributed by atoms with Crippen LogP contribution in [0.5, 0.6) is 0 Å². The lowest BCUT2D eigenvalue weighted by Crippen LogP contribution is -2.41. The van der Waals surface area contributed by atoms with Crippen LogP contribution in [0.3, 0.4) is 0 Å². The van der Waals surface area contributed by atoms with Crippen LogP contribution < -0.4 is 5.32 Å². The first-order chi connectivity index (χ1) is 13.2. The third-order valence-electron chi connectivity index (χ3n) is 5.78. The Bertz CT molecular complexity index is 819. The number of likely N-dealkylation sites (N-methyl/N-ethyl adjacent to an activating group) is 1. The summed E-state index contributed by atoms with van der Waals surface area (Å²) in [6.07, 6.45) is 7.51. The van der Waals surface area contributed by atoms with Gasteiger partial charge in [-0.25, -0.2) is 4.68 Å². The van der Waals surface area contributed by atoms with E-state index in [4.69, 9.17) is 16.7 Å². The van der Waals surface area contributed by atoms with Gasteiger partial charge < -0.3 is 10.2 Å². The van der Waals surface area contributed by atoms with Crippen LogP contribution in [-0.4, -0.2) is 46.8 Å². The molecule has 2 aliphatic rings. The highest BCUT2D eigenvalue weighted by Gasteiger charge is 2.33. The van der Waals surface area contributed by atoms with E-state index >= 15 is 0 Å². The molecule has 28 heavy (non-hydrogen) atoms. The van der Waals surface area contributed by atoms with Crippen LogP contribution in [0.2, 0.25) is 5.02 Å². The van der Waals surface area contributed by atoms with E-state index in [9.17, 15) is 4.79 Å². The minimum Gasteiger partial charge on any atom is -0.333 e. The van der Waals surface area contributed by atoms with Gasteiger partial charge in [0.2, 0.25) is 0 Å². The summed E-state index contributed by atoms with van der Waals surface area (Å²) in [6.45, 7) is 1.67. The van der Waals surface area contributed by atoms with Gasteiger partial charge in [-0.05, 0) is 69.8 Å². The highest BCUT2D eigenvalue weighted by molar-refractivity contribution is 6.30. The third kappa shape index (κ3) is 4.07. The number of rotatable bonds is 4. The predicted molar refractivity (Wildman–Crippen MR) is 115 cm³/mol. The van der Waals surface area contributed by atoms with Crippen LogP contribution >= 0.6 is 24.0 Å². The van der Waals surface area contributed by atoms with Gasteiger partial charge in [-0.3, -0.25) is 4.79 Å². The molecule has 1 fully saturated rings. The molecule has 1 aromatic heterocycles. The lowest BCUT2D eigenvalue weighted by atomic mass is 10.1. The number of halogens is 2. The summed E-state index contributed by atoms with van der Waals surface area (Å²) in [4.78, 5) is 15.4. The molecule has 4 rings (SSSR count). The molecule has 1 unspecified atom stereocenters. The summed E-state index contributed by atoms with van der Waals surface area (Å²) in [5.41, 5.74) is 3.99. The number of nitrogens with zero attached hydrogens (tertiary/aromatic N) is 3. The van der Waals surface area contributed by atoms with E-state index in [2.05, 4.69) is 5.32 Å². The SMILES string of the molecule is CNCC1CCCN1C(=O)c1nn(-c2ccc(Cl)cc2)c2c1CCCCC2.Cl. The molecule has 1 N–H and O–H groups in total. The van der Waals surface area contributed by atoms with E-state index in [1.807, 2.05) is 40.9 Å². The summed E-state index contributed by atoms with van der Waals surface area (Å²) in [5, 5.41) is 8.77. The molecule has 1 amide bonds. The second-order valence-electron chi connectivity index (χ2n) is 7.58. The quantitative estimate of drug-likeness (QED) is 0.756. The number of carbonyl (C=O) groups is 1. The number of amides is 1.